The number of carbonyl (C=O) groups is 1. The van der Waals surface area contributed by atoms with Crippen molar-refractivity contribution in [2.75, 3.05) is 13.7 Å². The van der Waals surface area contributed by atoms with Crippen molar-refractivity contribution in [2.24, 2.45) is 10.8 Å². The number of hydrazone groups is 1. The predicted octanol–water partition coefficient (Wildman–Crippen LogP) is 5.00. The van der Waals surface area contributed by atoms with Crippen LogP contribution >= 0.6 is 0 Å². The molecule has 0 saturated carbocycles. The third-order valence-corrected chi connectivity index (χ3v) is 4.33. The Morgan fingerprint density at radius 1 is 1.04 bits per heavy atom. The van der Waals surface area contributed by atoms with Gasteiger partial charge in [-0.05, 0) is 30.2 Å². The minimum atomic E-state index is -0.699. The molecular formula is C21H35N3O3. The molecule has 0 unspecified atom stereocenters. The van der Waals surface area contributed by atoms with E-state index in [2.05, 4.69) is 17.5 Å². The number of nitrogens with two attached hydrogens (primary N) is 1. The largest absolute Gasteiger partial charge is 0.493 e. The lowest BCUT2D eigenvalue weighted by molar-refractivity contribution is 0.249. The van der Waals surface area contributed by atoms with Crippen molar-refractivity contribution in [3.63, 3.8) is 0 Å². The van der Waals surface area contributed by atoms with Crippen LogP contribution in [0.4, 0.5) is 4.79 Å². The Labute approximate surface area is 163 Å². The molecule has 0 aliphatic carbocycles. The zero-order chi connectivity index (χ0) is 19.7. The van der Waals surface area contributed by atoms with Gasteiger partial charge < -0.3 is 15.2 Å². The first kappa shape index (κ1) is 22.8. The van der Waals surface area contributed by atoms with E-state index >= 15 is 0 Å². The molecule has 0 atom stereocenters. The molecule has 1 aromatic rings. The van der Waals surface area contributed by atoms with Crippen LogP contribution in [0.2, 0.25) is 0 Å². The van der Waals surface area contributed by atoms with Crippen LogP contribution in [0, 0.1) is 0 Å². The summed E-state index contributed by atoms with van der Waals surface area (Å²) < 4.78 is 11.2. The lowest BCUT2D eigenvalue weighted by atomic mass is 10.1. The maximum absolute atomic E-state index is 10.6. The first-order valence-corrected chi connectivity index (χ1v) is 10.1. The number of hydrogen-bond donors (Lipinski definition) is 2. The number of hydrogen-bond acceptors (Lipinski definition) is 4. The predicted molar refractivity (Wildman–Crippen MR) is 111 cm³/mol. The highest BCUT2D eigenvalue weighted by Crippen LogP contribution is 2.27. The monoisotopic (exact) mass is 377 g/mol. The minimum absolute atomic E-state index is 0.644. The maximum Gasteiger partial charge on any atom is 0.332 e. The van der Waals surface area contributed by atoms with Gasteiger partial charge in [-0.3, -0.25) is 0 Å². The fraction of sp³-hybridized carbons (Fsp3) is 0.619. The highest BCUT2D eigenvalue weighted by atomic mass is 16.5. The molecule has 27 heavy (non-hydrogen) atoms. The van der Waals surface area contributed by atoms with Crippen LogP contribution in [0.25, 0.3) is 0 Å². The average Bonchev–Trinajstić information content (AvgIpc) is 2.66. The number of unbranched alkanes of at least 4 members (excludes halogenated alkanes) is 9. The molecule has 6 heteroatoms. The summed E-state index contributed by atoms with van der Waals surface area (Å²) in [6, 6.07) is 4.80. The number of nitrogens with zero attached hydrogens (tertiary/aromatic N) is 1. The number of methoxy groups -OCH3 is 1. The van der Waals surface area contributed by atoms with Crippen LogP contribution < -0.4 is 20.6 Å². The number of carbonyl (C=O) groups excluding carboxylic acids is 1. The Morgan fingerprint density at radius 2 is 1.67 bits per heavy atom. The first-order chi connectivity index (χ1) is 13.2. The number of ether oxygens (including phenoxy) is 2. The summed E-state index contributed by atoms with van der Waals surface area (Å²) in [4.78, 5) is 10.6. The fourth-order valence-corrected chi connectivity index (χ4v) is 2.83. The Bertz CT molecular complexity index is 562. The molecule has 0 radical (unpaired) electrons. The minimum Gasteiger partial charge on any atom is -0.493 e. The number of primary amides is 1. The van der Waals surface area contributed by atoms with Gasteiger partial charge >= 0.3 is 6.03 Å². The van der Waals surface area contributed by atoms with E-state index in [9.17, 15) is 4.79 Å². The zero-order valence-corrected chi connectivity index (χ0v) is 16.8. The summed E-state index contributed by atoms with van der Waals surface area (Å²) >= 11 is 0. The lowest BCUT2D eigenvalue weighted by Gasteiger charge is -2.11. The van der Waals surface area contributed by atoms with Crippen LogP contribution in [0.15, 0.2) is 23.3 Å². The van der Waals surface area contributed by atoms with Crippen molar-refractivity contribution in [3.05, 3.63) is 23.8 Å². The second-order valence-electron chi connectivity index (χ2n) is 6.67. The van der Waals surface area contributed by atoms with Crippen molar-refractivity contribution >= 4 is 12.2 Å². The van der Waals surface area contributed by atoms with Crippen molar-refractivity contribution < 1.29 is 14.3 Å². The highest BCUT2D eigenvalue weighted by molar-refractivity contribution is 5.82. The van der Waals surface area contributed by atoms with E-state index in [0.717, 1.165) is 12.0 Å². The number of urea groups is 1. The van der Waals surface area contributed by atoms with Crippen LogP contribution in [-0.4, -0.2) is 26.0 Å². The van der Waals surface area contributed by atoms with E-state index in [1.807, 2.05) is 12.1 Å². The van der Waals surface area contributed by atoms with Gasteiger partial charge in [-0.15, -0.1) is 0 Å². The molecule has 0 heterocycles. The fourth-order valence-electron chi connectivity index (χ4n) is 2.83. The van der Waals surface area contributed by atoms with Crippen LogP contribution in [0.3, 0.4) is 0 Å². The second-order valence-corrected chi connectivity index (χ2v) is 6.67. The molecule has 152 valence electrons. The Kier molecular flexibility index (Phi) is 12.6. The van der Waals surface area contributed by atoms with Crippen molar-refractivity contribution in [1.29, 1.82) is 0 Å². The Hall–Kier alpha value is -2.24. The Morgan fingerprint density at radius 3 is 2.26 bits per heavy atom. The van der Waals surface area contributed by atoms with Crippen LogP contribution in [0.5, 0.6) is 11.5 Å². The van der Waals surface area contributed by atoms with Gasteiger partial charge in [0.2, 0.25) is 0 Å². The number of nitrogens with one attached hydrogen (secondary N) is 1. The van der Waals surface area contributed by atoms with Gasteiger partial charge in [0.15, 0.2) is 11.5 Å². The molecule has 3 N–H and O–H groups in total. The number of benzene rings is 1. The van der Waals surface area contributed by atoms with E-state index in [0.29, 0.717) is 18.1 Å². The molecule has 0 aliphatic heterocycles. The van der Waals surface area contributed by atoms with Crippen molar-refractivity contribution in [2.45, 2.75) is 71.1 Å². The molecule has 0 aliphatic rings. The van der Waals surface area contributed by atoms with E-state index in [4.69, 9.17) is 15.2 Å². The lowest BCUT2D eigenvalue weighted by Crippen LogP contribution is -2.24. The molecule has 6 nitrogen and oxygen atoms in total. The van der Waals surface area contributed by atoms with Gasteiger partial charge in [0.1, 0.15) is 0 Å². The molecule has 0 saturated heterocycles. The van der Waals surface area contributed by atoms with Gasteiger partial charge in [-0.25, -0.2) is 10.2 Å². The van der Waals surface area contributed by atoms with E-state index in [-0.39, 0.29) is 0 Å². The van der Waals surface area contributed by atoms with Crippen molar-refractivity contribution in [1.82, 2.24) is 5.43 Å². The molecule has 2 amide bonds. The van der Waals surface area contributed by atoms with Crippen LogP contribution in [0.1, 0.15) is 76.7 Å². The third-order valence-electron chi connectivity index (χ3n) is 4.33. The van der Waals surface area contributed by atoms with Gasteiger partial charge in [0.25, 0.3) is 0 Å². The first-order valence-electron chi connectivity index (χ1n) is 10.1. The summed E-state index contributed by atoms with van der Waals surface area (Å²) in [7, 11) is 1.60. The molecule has 0 aromatic heterocycles. The summed E-state index contributed by atoms with van der Waals surface area (Å²) in [6.07, 6.45) is 14.5. The third kappa shape index (κ3) is 11.2. The van der Waals surface area contributed by atoms with E-state index in [1.54, 1.807) is 13.2 Å². The second kappa shape index (κ2) is 14.9. The molecule has 1 rings (SSSR count). The van der Waals surface area contributed by atoms with E-state index in [1.165, 1.54) is 64.0 Å². The number of rotatable bonds is 15. The Balaban J connectivity index is 2.20. The van der Waals surface area contributed by atoms with Gasteiger partial charge in [-0.1, -0.05) is 64.7 Å². The zero-order valence-electron chi connectivity index (χ0n) is 16.8. The standard InChI is InChI=1S/C21H35N3O3/c1-3-4-5-6-7-8-9-10-11-12-15-27-19-14-13-18(16-20(19)26-2)17-23-24-21(22)25/h13-14,16-17H,3-12,15H2,1-2H3,(H3,22,24,25)/b23-17+. The van der Waals surface area contributed by atoms with Gasteiger partial charge in [-0.2, -0.15) is 5.10 Å². The smallest absolute Gasteiger partial charge is 0.332 e. The van der Waals surface area contributed by atoms with Gasteiger partial charge in [0.05, 0.1) is 19.9 Å². The average molecular weight is 378 g/mol. The summed E-state index contributed by atoms with van der Waals surface area (Å²) in [6.45, 7) is 2.94. The van der Waals surface area contributed by atoms with Gasteiger partial charge in [0, 0.05) is 0 Å². The topological polar surface area (TPSA) is 85.9 Å². The SMILES string of the molecule is CCCCCCCCCCCCOc1ccc(/C=N/NC(N)=O)cc1OC. The van der Waals surface area contributed by atoms with Crippen molar-refractivity contribution in [3.8, 4) is 11.5 Å². The highest BCUT2D eigenvalue weighted by Gasteiger charge is 2.05. The normalized spacial score (nSPS) is 10.9. The quantitative estimate of drug-likeness (QED) is 0.256. The van der Waals surface area contributed by atoms with E-state index < -0.39 is 6.03 Å². The maximum atomic E-state index is 10.6. The molecular weight excluding hydrogens is 342 g/mol. The summed E-state index contributed by atoms with van der Waals surface area (Å²) in [5, 5.41) is 3.73. The summed E-state index contributed by atoms with van der Waals surface area (Å²) in [5.41, 5.74) is 7.90. The summed E-state index contributed by atoms with van der Waals surface area (Å²) in [5.74, 6) is 1.36. The molecule has 0 fully saturated rings. The number of amides is 2. The molecule has 0 spiro atoms. The molecule has 0 bridgehead atoms. The molecule has 1 aromatic carbocycles. The van der Waals surface area contributed by atoms with Crippen LogP contribution in [-0.2, 0) is 0 Å².